The summed E-state index contributed by atoms with van der Waals surface area (Å²) >= 11 is 0. The first kappa shape index (κ1) is 28.6. The van der Waals surface area contributed by atoms with Gasteiger partial charge in [0.15, 0.2) is 0 Å². The minimum absolute atomic E-state index is 0.0933. The number of esters is 1. The predicted molar refractivity (Wildman–Crippen MR) is 140 cm³/mol. The number of alkyl carbamates (subject to hydrolysis) is 1. The molecule has 7 heteroatoms. The molecule has 2 atom stereocenters. The van der Waals surface area contributed by atoms with Gasteiger partial charge in [0, 0.05) is 6.42 Å². The van der Waals surface area contributed by atoms with E-state index in [0.29, 0.717) is 6.42 Å². The first-order chi connectivity index (χ1) is 17.4. The van der Waals surface area contributed by atoms with Crippen LogP contribution < -0.4 is 10.6 Å². The van der Waals surface area contributed by atoms with Crippen molar-refractivity contribution in [1.82, 2.24) is 10.6 Å². The highest BCUT2D eigenvalue weighted by Crippen LogP contribution is 2.10. The van der Waals surface area contributed by atoms with Crippen LogP contribution in [-0.2, 0) is 32.1 Å². The Balaban J connectivity index is 2.06. The van der Waals surface area contributed by atoms with E-state index in [1.165, 1.54) is 6.26 Å². The summed E-state index contributed by atoms with van der Waals surface area (Å²) in [5.41, 5.74) is 1.72. The normalized spacial score (nSPS) is 12.7. The first-order valence-electron chi connectivity index (χ1n) is 12.6. The molecule has 0 spiro atoms. The van der Waals surface area contributed by atoms with Gasteiger partial charge in [-0.15, -0.1) is 0 Å². The van der Waals surface area contributed by atoms with Crippen molar-refractivity contribution in [3.05, 3.63) is 84.1 Å². The van der Waals surface area contributed by atoms with Gasteiger partial charge in [-0.25, -0.2) is 9.59 Å². The number of unbranched alkanes of at least 4 members (excludes halogenated alkanes) is 2. The lowest BCUT2D eigenvalue weighted by atomic mass is 10.0. The topological polar surface area (TPSA) is 93.7 Å². The predicted octanol–water partition coefficient (Wildman–Crippen LogP) is 5.30. The largest absolute Gasteiger partial charge is 0.445 e. The van der Waals surface area contributed by atoms with Crippen LogP contribution in [0.1, 0.15) is 57.6 Å². The summed E-state index contributed by atoms with van der Waals surface area (Å²) in [6.07, 6.45) is 5.99. The number of benzene rings is 2. The van der Waals surface area contributed by atoms with Gasteiger partial charge in [-0.3, -0.25) is 4.79 Å². The summed E-state index contributed by atoms with van der Waals surface area (Å²) in [5, 5.41) is 5.44. The van der Waals surface area contributed by atoms with Gasteiger partial charge in [0.25, 0.3) is 0 Å². The van der Waals surface area contributed by atoms with E-state index in [2.05, 4.69) is 17.6 Å². The van der Waals surface area contributed by atoms with Crippen molar-refractivity contribution in [2.24, 2.45) is 5.92 Å². The fourth-order valence-corrected chi connectivity index (χ4v) is 3.51. The summed E-state index contributed by atoms with van der Waals surface area (Å²) < 4.78 is 10.6. The third-order valence-corrected chi connectivity index (χ3v) is 5.42. The molecule has 0 aromatic heterocycles. The van der Waals surface area contributed by atoms with E-state index in [-0.39, 0.29) is 18.9 Å². The highest BCUT2D eigenvalue weighted by atomic mass is 16.5. The van der Waals surface area contributed by atoms with E-state index >= 15 is 0 Å². The number of allylic oxidation sites excluding steroid dienone is 1. The van der Waals surface area contributed by atoms with Crippen LogP contribution in [-0.4, -0.2) is 30.1 Å². The molecule has 0 aliphatic carbocycles. The molecule has 0 saturated carbocycles. The molecule has 0 aliphatic rings. The summed E-state index contributed by atoms with van der Waals surface area (Å²) in [6.45, 7) is 6.09. The van der Waals surface area contributed by atoms with Gasteiger partial charge < -0.3 is 20.1 Å². The number of amides is 2. The Labute approximate surface area is 214 Å². The van der Waals surface area contributed by atoms with E-state index in [4.69, 9.17) is 9.47 Å². The summed E-state index contributed by atoms with van der Waals surface area (Å²) in [5.74, 6) is -0.903. The van der Waals surface area contributed by atoms with Crippen LogP contribution in [0.2, 0.25) is 0 Å². The molecule has 0 fully saturated rings. The van der Waals surface area contributed by atoms with Crippen molar-refractivity contribution in [3.8, 4) is 0 Å². The van der Waals surface area contributed by atoms with Crippen LogP contribution in [0.5, 0.6) is 0 Å². The number of carbonyl (C=O) groups is 3. The lowest BCUT2D eigenvalue weighted by molar-refractivity contribution is -0.143. The molecule has 194 valence electrons. The Bertz CT molecular complexity index is 960. The SMILES string of the molecule is CCCC/C=C\OC(=O)[C@H](Cc1ccccc1)NC(=O)[C@H](CC(C)C)NC(=O)OCc1ccccc1. The Hall–Kier alpha value is -3.61. The quantitative estimate of drug-likeness (QED) is 0.211. The fraction of sp³-hybridized carbons (Fsp3) is 0.414. The maximum absolute atomic E-state index is 13.2. The maximum Gasteiger partial charge on any atom is 0.408 e. The molecule has 0 heterocycles. The molecule has 0 aliphatic heterocycles. The van der Waals surface area contributed by atoms with Crippen LogP contribution in [0.15, 0.2) is 73.0 Å². The molecule has 2 N–H and O–H groups in total. The Morgan fingerprint density at radius 2 is 1.53 bits per heavy atom. The number of nitrogens with one attached hydrogen (secondary N) is 2. The van der Waals surface area contributed by atoms with Crippen molar-refractivity contribution in [1.29, 1.82) is 0 Å². The van der Waals surface area contributed by atoms with E-state index in [1.807, 2.05) is 74.5 Å². The second-order valence-corrected chi connectivity index (χ2v) is 9.09. The van der Waals surface area contributed by atoms with Gasteiger partial charge in [-0.1, -0.05) is 87.9 Å². The summed E-state index contributed by atoms with van der Waals surface area (Å²) in [7, 11) is 0. The van der Waals surface area contributed by atoms with Crippen molar-refractivity contribution < 1.29 is 23.9 Å². The van der Waals surface area contributed by atoms with Crippen LogP contribution in [0, 0.1) is 5.92 Å². The van der Waals surface area contributed by atoms with E-state index in [0.717, 1.165) is 30.4 Å². The molecule has 2 aromatic rings. The molecule has 2 aromatic carbocycles. The average Bonchev–Trinajstić information content (AvgIpc) is 2.87. The zero-order valence-electron chi connectivity index (χ0n) is 21.4. The molecular weight excluding hydrogens is 456 g/mol. The van der Waals surface area contributed by atoms with Crippen LogP contribution in [0.3, 0.4) is 0 Å². The zero-order chi connectivity index (χ0) is 26.2. The third-order valence-electron chi connectivity index (χ3n) is 5.42. The number of hydrogen-bond donors (Lipinski definition) is 2. The third kappa shape index (κ3) is 11.2. The maximum atomic E-state index is 13.2. The molecular formula is C29H38N2O5. The first-order valence-corrected chi connectivity index (χ1v) is 12.6. The molecule has 2 amide bonds. The second kappa shape index (κ2) is 16.1. The van der Waals surface area contributed by atoms with Crippen LogP contribution in [0.4, 0.5) is 4.79 Å². The van der Waals surface area contributed by atoms with Gasteiger partial charge in [0.05, 0.1) is 6.26 Å². The molecule has 2 rings (SSSR count). The number of ether oxygens (including phenoxy) is 2. The van der Waals surface area contributed by atoms with E-state index < -0.39 is 30.1 Å². The smallest absolute Gasteiger partial charge is 0.408 e. The minimum Gasteiger partial charge on any atom is -0.445 e. The Kier molecular flexibility index (Phi) is 12.8. The Morgan fingerprint density at radius 1 is 0.889 bits per heavy atom. The van der Waals surface area contributed by atoms with Crippen molar-refractivity contribution in [3.63, 3.8) is 0 Å². The standard InChI is InChI=1S/C29H38N2O5/c1-4-5-6-13-18-35-28(33)26(20-23-14-9-7-10-15-23)30-27(32)25(19-22(2)3)31-29(34)36-21-24-16-11-8-12-17-24/h7-18,22,25-26H,4-6,19-21H2,1-3H3,(H,30,32)(H,31,34)/b18-13-/t25-,26-/m0/s1. The molecule has 0 bridgehead atoms. The van der Waals surface area contributed by atoms with Gasteiger partial charge in [0.1, 0.15) is 18.7 Å². The lowest BCUT2D eigenvalue weighted by Crippen LogP contribution is -2.52. The van der Waals surface area contributed by atoms with Crippen LogP contribution >= 0.6 is 0 Å². The van der Waals surface area contributed by atoms with Crippen molar-refractivity contribution in [2.45, 2.75) is 71.6 Å². The summed E-state index contributed by atoms with van der Waals surface area (Å²) in [6, 6.07) is 16.9. The van der Waals surface area contributed by atoms with Crippen LogP contribution in [0.25, 0.3) is 0 Å². The number of rotatable bonds is 14. The van der Waals surface area contributed by atoms with Gasteiger partial charge in [-0.2, -0.15) is 0 Å². The van der Waals surface area contributed by atoms with Gasteiger partial charge >= 0.3 is 12.1 Å². The molecule has 0 saturated heterocycles. The molecule has 0 unspecified atom stereocenters. The zero-order valence-corrected chi connectivity index (χ0v) is 21.4. The van der Waals surface area contributed by atoms with Gasteiger partial charge in [0.2, 0.25) is 5.91 Å². The number of hydrogen-bond acceptors (Lipinski definition) is 5. The van der Waals surface area contributed by atoms with Crippen molar-refractivity contribution >= 4 is 18.0 Å². The highest BCUT2D eigenvalue weighted by Gasteiger charge is 2.28. The second-order valence-electron chi connectivity index (χ2n) is 9.09. The summed E-state index contributed by atoms with van der Waals surface area (Å²) in [4.78, 5) is 38.5. The fourth-order valence-electron chi connectivity index (χ4n) is 3.51. The molecule has 7 nitrogen and oxygen atoms in total. The molecule has 36 heavy (non-hydrogen) atoms. The molecule has 0 radical (unpaired) electrons. The average molecular weight is 495 g/mol. The lowest BCUT2D eigenvalue weighted by Gasteiger charge is -2.23. The van der Waals surface area contributed by atoms with Crippen molar-refractivity contribution in [2.75, 3.05) is 0 Å². The van der Waals surface area contributed by atoms with E-state index in [1.54, 1.807) is 6.08 Å². The van der Waals surface area contributed by atoms with E-state index in [9.17, 15) is 14.4 Å². The number of carbonyl (C=O) groups excluding carboxylic acids is 3. The minimum atomic E-state index is -0.910. The highest BCUT2D eigenvalue weighted by molar-refractivity contribution is 5.90. The Morgan fingerprint density at radius 3 is 2.14 bits per heavy atom. The van der Waals surface area contributed by atoms with Gasteiger partial charge in [-0.05, 0) is 42.4 Å². The monoisotopic (exact) mass is 494 g/mol.